The van der Waals surface area contributed by atoms with Crippen LogP contribution in [0.25, 0.3) is 0 Å². The van der Waals surface area contributed by atoms with Crippen LogP contribution >= 0.6 is 11.8 Å². The number of amides is 2. The van der Waals surface area contributed by atoms with E-state index in [1.54, 1.807) is 11.8 Å². The Morgan fingerprint density at radius 1 is 0.962 bits per heavy atom. The second-order valence-electron chi connectivity index (χ2n) is 7.23. The molecule has 0 aliphatic carbocycles. The fraction of sp³-hybridized carbons (Fsp3) is 0.600. The molecule has 0 saturated carbocycles. The normalized spacial score (nSPS) is 18.3. The van der Waals surface area contributed by atoms with E-state index in [1.165, 1.54) is 11.1 Å². The highest BCUT2D eigenvalue weighted by molar-refractivity contribution is 7.99. The molecule has 0 N–H and O–H groups in total. The van der Waals surface area contributed by atoms with Crippen LogP contribution in [0.15, 0.2) is 24.3 Å². The summed E-state index contributed by atoms with van der Waals surface area (Å²) >= 11 is 1.68. The number of nitrogens with zero attached hydrogens (tertiary/aromatic N) is 3. The van der Waals surface area contributed by atoms with E-state index in [9.17, 15) is 9.59 Å². The predicted octanol–water partition coefficient (Wildman–Crippen LogP) is 1.99. The average Bonchev–Trinajstić information content (AvgIpc) is 3.17. The van der Waals surface area contributed by atoms with E-state index in [0.29, 0.717) is 12.3 Å². The molecule has 6 heteroatoms. The van der Waals surface area contributed by atoms with Crippen molar-refractivity contribution in [2.75, 3.05) is 51.6 Å². The molecule has 2 saturated heterocycles. The van der Waals surface area contributed by atoms with Crippen molar-refractivity contribution < 1.29 is 9.59 Å². The lowest BCUT2D eigenvalue weighted by molar-refractivity contribution is -0.133. The van der Waals surface area contributed by atoms with Gasteiger partial charge in [0, 0.05) is 45.0 Å². The molecule has 2 amide bonds. The second kappa shape index (κ2) is 9.42. The Kier molecular flexibility index (Phi) is 6.97. The summed E-state index contributed by atoms with van der Waals surface area (Å²) in [6, 6.07) is 8.44. The van der Waals surface area contributed by atoms with Crippen molar-refractivity contribution >= 4 is 23.6 Å². The summed E-state index contributed by atoms with van der Waals surface area (Å²) in [4.78, 5) is 30.7. The number of piperazine rings is 1. The summed E-state index contributed by atoms with van der Waals surface area (Å²) in [5.41, 5.74) is 2.53. The van der Waals surface area contributed by atoms with Crippen LogP contribution in [0.4, 0.5) is 0 Å². The number of hydrogen-bond donors (Lipinski definition) is 0. The quantitative estimate of drug-likeness (QED) is 0.763. The number of thioether (sulfide) groups is 1. The molecule has 1 aromatic rings. The third kappa shape index (κ3) is 5.48. The SMILES string of the molecule is Cc1cccc(CSCC(=O)N2CCN(CC(=O)N3CCCC3)CC2)c1. The van der Waals surface area contributed by atoms with Gasteiger partial charge in [0.05, 0.1) is 12.3 Å². The van der Waals surface area contributed by atoms with Gasteiger partial charge >= 0.3 is 0 Å². The molecular formula is C20H29N3O2S. The van der Waals surface area contributed by atoms with Crippen LogP contribution in [-0.2, 0) is 15.3 Å². The van der Waals surface area contributed by atoms with Crippen LogP contribution in [0.1, 0.15) is 24.0 Å². The van der Waals surface area contributed by atoms with Gasteiger partial charge in [-0.1, -0.05) is 29.8 Å². The van der Waals surface area contributed by atoms with Crippen molar-refractivity contribution in [3.63, 3.8) is 0 Å². The Labute approximate surface area is 160 Å². The molecule has 2 aliphatic heterocycles. The summed E-state index contributed by atoms with van der Waals surface area (Å²) in [5, 5.41) is 0. The van der Waals surface area contributed by atoms with E-state index in [-0.39, 0.29) is 11.8 Å². The molecule has 1 aromatic carbocycles. The highest BCUT2D eigenvalue weighted by Crippen LogP contribution is 2.15. The number of carbonyl (C=O) groups is 2. The summed E-state index contributed by atoms with van der Waals surface area (Å²) < 4.78 is 0. The Morgan fingerprint density at radius 2 is 1.65 bits per heavy atom. The largest absolute Gasteiger partial charge is 0.342 e. The molecule has 0 spiro atoms. The Morgan fingerprint density at radius 3 is 2.35 bits per heavy atom. The highest BCUT2D eigenvalue weighted by Gasteiger charge is 2.25. The van der Waals surface area contributed by atoms with E-state index in [4.69, 9.17) is 0 Å². The molecule has 0 aromatic heterocycles. The van der Waals surface area contributed by atoms with Gasteiger partial charge in [-0.05, 0) is 25.3 Å². The monoisotopic (exact) mass is 375 g/mol. The predicted molar refractivity (Wildman–Crippen MR) is 106 cm³/mol. The molecule has 5 nitrogen and oxygen atoms in total. The van der Waals surface area contributed by atoms with E-state index in [2.05, 4.69) is 36.1 Å². The van der Waals surface area contributed by atoms with Gasteiger partial charge < -0.3 is 9.80 Å². The zero-order chi connectivity index (χ0) is 18.4. The summed E-state index contributed by atoms with van der Waals surface area (Å²) in [7, 11) is 0. The van der Waals surface area contributed by atoms with Crippen molar-refractivity contribution in [2.45, 2.75) is 25.5 Å². The summed E-state index contributed by atoms with van der Waals surface area (Å²) in [6.45, 7) is 7.48. The zero-order valence-corrected chi connectivity index (χ0v) is 16.5. The first-order valence-electron chi connectivity index (χ1n) is 9.53. The molecule has 0 radical (unpaired) electrons. The fourth-order valence-corrected chi connectivity index (χ4v) is 4.44. The third-order valence-corrected chi connectivity index (χ3v) is 6.11. The van der Waals surface area contributed by atoms with Crippen LogP contribution in [0.2, 0.25) is 0 Å². The Bertz CT molecular complexity index is 623. The third-order valence-electron chi connectivity index (χ3n) is 5.12. The van der Waals surface area contributed by atoms with Crippen molar-refractivity contribution in [1.82, 2.24) is 14.7 Å². The molecule has 26 heavy (non-hydrogen) atoms. The average molecular weight is 376 g/mol. The molecule has 142 valence electrons. The van der Waals surface area contributed by atoms with Gasteiger partial charge in [-0.25, -0.2) is 0 Å². The maximum absolute atomic E-state index is 12.4. The lowest BCUT2D eigenvalue weighted by Crippen LogP contribution is -2.51. The van der Waals surface area contributed by atoms with Crippen LogP contribution < -0.4 is 0 Å². The van der Waals surface area contributed by atoms with Crippen molar-refractivity contribution in [3.8, 4) is 0 Å². The summed E-state index contributed by atoms with van der Waals surface area (Å²) in [6.07, 6.45) is 2.27. The van der Waals surface area contributed by atoms with Crippen LogP contribution in [0.5, 0.6) is 0 Å². The van der Waals surface area contributed by atoms with Gasteiger partial charge in [-0.2, -0.15) is 0 Å². The molecule has 2 heterocycles. The van der Waals surface area contributed by atoms with Crippen molar-refractivity contribution in [3.05, 3.63) is 35.4 Å². The maximum Gasteiger partial charge on any atom is 0.236 e. The minimum atomic E-state index is 0.216. The highest BCUT2D eigenvalue weighted by atomic mass is 32.2. The Balaban J connectivity index is 1.34. The van der Waals surface area contributed by atoms with E-state index >= 15 is 0 Å². The topological polar surface area (TPSA) is 43.9 Å². The van der Waals surface area contributed by atoms with Crippen LogP contribution in [0, 0.1) is 6.92 Å². The van der Waals surface area contributed by atoms with E-state index in [1.807, 2.05) is 9.80 Å². The van der Waals surface area contributed by atoms with Gasteiger partial charge in [0.15, 0.2) is 0 Å². The number of rotatable bonds is 6. The lowest BCUT2D eigenvalue weighted by atomic mass is 10.2. The molecule has 0 unspecified atom stereocenters. The molecule has 2 fully saturated rings. The standard InChI is InChI=1S/C20H29N3O2S/c1-17-5-4-6-18(13-17)15-26-16-20(25)23-11-9-21(10-12-23)14-19(24)22-7-2-3-8-22/h4-6,13H,2-3,7-12,14-16H2,1H3. The number of hydrogen-bond acceptors (Lipinski definition) is 4. The van der Waals surface area contributed by atoms with Gasteiger partial charge in [-0.15, -0.1) is 11.8 Å². The number of likely N-dealkylation sites (tertiary alicyclic amines) is 1. The zero-order valence-electron chi connectivity index (χ0n) is 15.7. The Hall–Kier alpha value is -1.53. The van der Waals surface area contributed by atoms with Crippen molar-refractivity contribution in [2.24, 2.45) is 0 Å². The number of aryl methyl sites for hydroxylation is 1. The first-order valence-corrected chi connectivity index (χ1v) is 10.7. The maximum atomic E-state index is 12.4. The first kappa shape index (κ1) is 19.2. The van der Waals surface area contributed by atoms with Gasteiger partial charge in [-0.3, -0.25) is 14.5 Å². The minimum absolute atomic E-state index is 0.216. The fourth-order valence-electron chi connectivity index (χ4n) is 3.56. The smallest absolute Gasteiger partial charge is 0.236 e. The van der Waals surface area contributed by atoms with Gasteiger partial charge in [0.1, 0.15) is 0 Å². The molecule has 0 bridgehead atoms. The molecule has 0 atom stereocenters. The first-order chi connectivity index (χ1) is 12.6. The van der Waals surface area contributed by atoms with Gasteiger partial charge in [0.2, 0.25) is 11.8 Å². The van der Waals surface area contributed by atoms with Gasteiger partial charge in [0.25, 0.3) is 0 Å². The number of carbonyl (C=O) groups excluding carboxylic acids is 2. The summed E-state index contributed by atoms with van der Waals surface area (Å²) in [5.74, 6) is 1.86. The molecule has 2 aliphatic rings. The molecular weight excluding hydrogens is 346 g/mol. The van der Waals surface area contributed by atoms with Crippen LogP contribution in [0.3, 0.4) is 0 Å². The lowest BCUT2D eigenvalue weighted by Gasteiger charge is -2.35. The second-order valence-corrected chi connectivity index (χ2v) is 8.21. The number of benzene rings is 1. The van der Waals surface area contributed by atoms with E-state index in [0.717, 1.165) is 57.9 Å². The van der Waals surface area contributed by atoms with E-state index < -0.39 is 0 Å². The van der Waals surface area contributed by atoms with Crippen molar-refractivity contribution in [1.29, 1.82) is 0 Å². The van der Waals surface area contributed by atoms with Crippen LogP contribution in [-0.4, -0.2) is 78.1 Å². The molecule has 3 rings (SSSR count). The minimum Gasteiger partial charge on any atom is -0.342 e.